The molecule has 1 aliphatic rings. The van der Waals surface area contributed by atoms with Crippen LogP contribution in [0.3, 0.4) is 0 Å². The molecule has 12 heavy (non-hydrogen) atoms. The maximum Gasteiger partial charge on any atom is 0.129 e. The summed E-state index contributed by atoms with van der Waals surface area (Å²) in [6.07, 6.45) is 9.50. The third kappa shape index (κ3) is 3.59. The summed E-state index contributed by atoms with van der Waals surface area (Å²) in [7, 11) is -1.19. The Morgan fingerprint density at radius 3 is 2.58 bits per heavy atom. The van der Waals surface area contributed by atoms with Crippen LogP contribution in [0.5, 0.6) is 0 Å². The molecule has 0 heterocycles. The second-order valence-corrected chi connectivity index (χ2v) is 8.74. The summed E-state index contributed by atoms with van der Waals surface area (Å²) in [4.78, 5) is 0. The van der Waals surface area contributed by atoms with Crippen LogP contribution in [-0.4, -0.2) is 8.07 Å². The lowest BCUT2D eigenvalue weighted by Crippen LogP contribution is -2.16. The highest BCUT2D eigenvalue weighted by Gasteiger charge is 2.07. The summed E-state index contributed by atoms with van der Waals surface area (Å²) in [6.45, 7) is 6.79. The number of allylic oxidation sites excluding steroid dienone is 4. The average molecular weight is 175 g/mol. The van der Waals surface area contributed by atoms with Crippen molar-refractivity contribution in [3.05, 3.63) is 30.2 Å². The van der Waals surface area contributed by atoms with Gasteiger partial charge in [0.25, 0.3) is 0 Å². The van der Waals surface area contributed by atoms with E-state index in [9.17, 15) is 0 Å². The zero-order valence-electron chi connectivity index (χ0n) is 8.02. The van der Waals surface area contributed by atoms with Crippen LogP contribution in [0.25, 0.3) is 0 Å². The smallest absolute Gasteiger partial charge is 0.127 e. The van der Waals surface area contributed by atoms with Gasteiger partial charge in [0.1, 0.15) is 8.07 Å². The van der Waals surface area contributed by atoms with Crippen molar-refractivity contribution in [2.75, 3.05) is 0 Å². The van der Waals surface area contributed by atoms with Gasteiger partial charge in [0.2, 0.25) is 0 Å². The van der Waals surface area contributed by atoms with E-state index in [-0.39, 0.29) is 0 Å². The van der Waals surface area contributed by atoms with Crippen LogP contribution >= 0.6 is 0 Å². The molecule has 0 aromatic heterocycles. The zero-order chi connectivity index (χ0) is 9.03. The minimum Gasteiger partial charge on any atom is -0.127 e. The minimum absolute atomic E-state index is 1.03. The van der Waals surface area contributed by atoms with E-state index < -0.39 is 8.07 Å². The summed E-state index contributed by atoms with van der Waals surface area (Å²) < 4.78 is 0. The van der Waals surface area contributed by atoms with Crippen molar-refractivity contribution < 1.29 is 0 Å². The third-order valence-corrected chi connectivity index (χ3v) is 2.34. The molecule has 0 atom stereocenters. The van der Waals surface area contributed by atoms with Gasteiger partial charge in [-0.2, -0.15) is 0 Å². The SMILES string of the molecule is C[Si](C)(C)C#CC1=CC=CC[CH]1. The Labute approximate surface area is 76.4 Å². The first-order valence-electron chi connectivity index (χ1n) is 4.31. The van der Waals surface area contributed by atoms with Crippen LogP contribution in [0.4, 0.5) is 0 Å². The summed E-state index contributed by atoms with van der Waals surface area (Å²) >= 11 is 0. The van der Waals surface area contributed by atoms with E-state index in [1.807, 2.05) is 0 Å². The van der Waals surface area contributed by atoms with E-state index >= 15 is 0 Å². The lowest BCUT2D eigenvalue weighted by molar-refractivity contribution is 1.23. The van der Waals surface area contributed by atoms with Crippen LogP contribution < -0.4 is 0 Å². The number of hydrogen-bond acceptors (Lipinski definition) is 0. The molecule has 0 saturated carbocycles. The molecule has 0 nitrogen and oxygen atoms in total. The van der Waals surface area contributed by atoms with Gasteiger partial charge in [-0.1, -0.05) is 43.8 Å². The largest absolute Gasteiger partial charge is 0.129 e. The fourth-order valence-corrected chi connectivity index (χ4v) is 1.39. The molecule has 1 radical (unpaired) electrons. The second kappa shape index (κ2) is 3.78. The van der Waals surface area contributed by atoms with Crippen LogP contribution in [-0.2, 0) is 0 Å². The Morgan fingerprint density at radius 2 is 2.08 bits per heavy atom. The van der Waals surface area contributed by atoms with E-state index in [2.05, 4.69) is 55.8 Å². The first kappa shape index (κ1) is 9.35. The van der Waals surface area contributed by atoms with Crippen molar-refractivity contribution >= 4 is 8.07 Å². The molecule has 0 N–H and O–H groups in total. The molecule has 0 unspecified atom stereocenters. The monoisotopic (exact) mass is 175 g/mol. The van der Waals surface area contributed by atoms with Crippen molar-refractivity contribution in [1.82, 2.24) is 0 Å². The van der Waals surface area contributed by atoms with Gasteiger partial charge in [0.05, 0.1) is 0 Å². The van der Waals surface area contributed by atoms with E-state index in [4.69, 9.17) is 0 Å². The molecule has 0 spiro atoms. The average Bonchev–Trinajstić information content (AvgIpc) is 2.02. The van der Waals surface area contributed by atoms with Gasteiger partial charge in [-0.15, -0.1) is 5.54 Å². The Kier molecular flexibility index (Phi) is 2.94. The molecule has 0 aromatic rings. The molecule has 0 aliphatic heterocycles. The predicted octanol–water partition coefficient (Wildman–Crippen LogP) is 2.96. The standard InChI is InChI=1S/C11H15Si/c1-12(2,3)10-9-11-7-5-4-6-8-11/h4-5,7-8H,6H2,1-3H3. The normalized spacial score (nSPS) is 16.4. The molecule has 0 fully saturated rings. The molecule has 1 aliphatic carbocycles. The topological polar surface area (TPSA) is 0 Å². The van der Waals surface area contributed by atoms with Crippen molar-refractivity contribution in [2.45, 2.75) is 26.1 Å². The molecule has 0 bridgehead atoms. The molecule has 0 saturated heterocycles. The molecule has 63 valence electrons. The highest BCUT2D eigenvalue weighted by molar-refractivity contribution is 6.83. The van der Waals surface area contributed by atoms with Crippen LogP contribution in [0, 0.1) is 17.9 Å². The lowest BCUT2D eigenvalue weighted by Gasteiger charge is -2.05. The second-order valence-electron chi connectivity index (χ2n) is 3.99. The van der Waals surface area contributed by atoms with Crippen LogP contribution in [0.1, 0.15) is 6.42 Å². The van der Waals surface area contributed by atoms with Gasteiger partial charge in [-0.25, -0.2) is 0 Å². The Bertz CT molecular complexity index is 266. The first-order valence-corrected chi connectivity index (χ1v) is 7.81. The highest BCUT2D eigenvalue weighted by Crippen LogP contribution is 2.09. The lowest BCUT2D eigenvalue weighted by atomic mass is 10.1. The van der Waals surface area contributed by atoms with E-state index in [1.54, 1.807) is 0 Å². The first-order chi connectivity index (χ1) is 5.58. The molecule has 0 aromatic carbocycles. The number of hydrogen-bond donors (Lipinski definition) is 0. The molecular formula is C11H15Si. The van der Waals surface area contributed by atoms with Gasteiger partial charge in [0.15, 0.2) is 0 Å². The van der Waals surface area contributed by atoms with Gasteiger partial charge in [-0.05, 0) is 6.42 Å². The Balaban J connectivity index is 2.65. The third-order valence-electron chi connectivity index (χ3n) is 1.47. The maximum absolute atomic E-state index is 3.35. The van der Waals surface area contributed by atoms with E-state index in [1.165, 1.54) is 5.57 Å². The van der Waals surface area contributed by atoms with Crippen molar-refractivity contribution in [1.29, 1.82) is 0 Å². The zero-order valence-corrected chi connectivity index (χ0v) is 9.02. The molecule has 0 amide bonds. The molecular weight excluding hydrogens is 160 g/mol. The Hall–Kier alpha value is -0.743. The fraction of sp³-hybridized carbons (Fsp3) is 0.364. The van der Waals surface area contributed by atoms with Gasteiger partial charge >= 0.3 is 0 Å². The minimum atomic E-state index is -1.19. The summed E-state index contributed by atoms with van der Waals surface area (Å²) in [5.41, 5.74) is 4.53. The van der Waals surface area contributed by atoms with Crippen molar-refractivity contribution in [3.63, 3.8) is 0 Å². The van der Waals surface area contributed by atoms with Crippen LogP contribution in [0.2, 0.25) is 19.6 Å². The van der Waals surface area contributed by atoms with E-state index in [0.29, 0.717) is 0 Å². The quantitative estimate of drug-likeness (QED) is 0.392. The predicted molar refractivity (Wildman–Crippen MR) is 57.3 cm³/mol. The number of rotatable bonds is 0. The van der Waals surface area contributed by atoms with Crippen LogP contribution in [0.15, 0.2) is 23.8 Å². The summed E-state index contributed by atoms with van der Waals surface area (Å²) in [5.74, 6) is 3.23. The Morgan fingerprint density at radius 1 is 1.33 bits per heavy atom. The van der Waals surface area contributed by atoms with Gasteiger partial charge < -0.3 is 0 Å². The maximum atomic E-state index is 3.35. The van der Waals surface area contributed by atoms with Crippen molar-refractivity contribution in [3.8, 4) is 11.5 Å². The van der Waals surface area contributed by atoms with Crippen molar-refractivity contribution in [2.24, 2.45) is 0 Å². The fourth-order valence-electron chi connectivity index (χ4n) is 0.866. The van der Waals surface area contributed by atoms with Gasteiger partial charge in [-0.3, -0.25) is 0 Å². The van der Waals surface area contributed by atoms with E-state index in [0.717, 1.165) is 6.42 Å². The molecule has 1 rings (SSSR count). The molecule has 1 heteroatoms. The summed E-state index contributed by atoms with van der Waals surface area (Å²) in [5, 5.41) is 0. The van der Waals surface area contributed by atoms with Gasteiger partial charge in [0, 0.05) is 12.0 Å². The highest BCUT2D eigenvalue weighted by atomic mass is 28.3. The summed E-state index contributed by atoms with van der Waals surface area (Å²) in [6, 6.07) is 0.